The maximum absolute atomic E-state index is 14.1. The second kappa shape index (κ2) is 8.92. The number of likely N-dealkylation sites (N-methyl/N-ethyl adjacent to an activating group) is 1. The lowest BCUT2D eigenvalue weighted by Gasteiger charge is -2.50. The highest BCUT2D eigenvalue weighted by Crippen LogP contribution is 2.54. The number of ketones is 2. The average molecular weight is 535 g/mol. The molecule has 1 heterocycles. The highest BCUT2D eigenvalue weighted by atomic mass is 16.3. The van der Waals surface area contributed by atoms with Crippen molar-refractivity contribution < 1.29 is 34.8 Å². The van der Waals surface area contributed by atoms with Gasteiger partial charge in [-0.1, -0.05) is 6.07 Å². The molecule has 6 N–H and O–H groups in total. The monoisotopic (exact) mass is 534 g/mol. The number of carbonyl (C=O) groups excluding carboxylic acids is 3. The third kappa shape index (κ3) is 3.57. The predicted molar refractivity (Wildman–Crippen MR) is 141 cm³/mol. The molecule has 0 radical (unpaired) electrons. The number of nitrogens with zero attached hydrogens (tertiary/aromatic N) is 3. The van der Waals surface area contributed by atoms with Crippen molar-refractivity contribution in [2.45, 2.75) is 24.5 Å². The van der Waals surface area contributed by atoms with Gasteiger partial charge in [-0.05, 0) is 56.6 Å². The fourth-order valence-electron chi connectivity index (χ4n) is 6.40. The molecule has 11 nitrogen and oxygen atoms in total. The van der Waals surface area contributed by atoms with Crippen molar-refractivity contribution in [2.75, 3.05) is 33.1 Å². The molecular weight excluding hydrogens is 504 g/mol. The van der Waals surface area contributed by atoms with Gasteiger partial charge in [0, 0.05) is 37.3 Å². The summed E-state index contributed by atoms with van der Waals surface area (Å²) < 4.78 is 0. The van der Waals surface area contributed by atoms with Crippen LogP contribution in [0.4, 0.5) is 5.69 Å². The minimum atomic E-state index is -2.68. The smallest absolute Gasteiger partial charge is 0.255 e. The summed E-state index contributed by atoms with van der Waals surface area (Å²) in [5.41, 5.74) is 3.69. The van der Waals surface area contributed by atoms with Crippen LogP contribution in [0.15, 0.2) is 53.1 Å². The number of allylic oxidation sites excluding steroid dienone is 1. The normalized spacial score (nSPS) is 26.4. The highest BCUT2D eigenvalue weighted by Gasteiger charge is 2.63. The number of primary amides is 1. The van der Waals surface area contributed by atoms with Crippen LogP contribution < -0.4 is 10.6 Å². The fraction of sp³-hybridized carbons (Fsp3) is 0.357. The van der Waals surface area contributed by atoms with Crippen molar-refractivity contribution >= 4 is 23.2 Å². The molecule has 0 aliphatic heterocycles. The SMILES string of the molecule is CN(C)c1cc(-c2ccccn2)c2c(c1O)C(=O)C1=C(O)[C@]3(O)C(=O)C(C(N)=O)=C(O)[C@@H](N(C)C)[C@@H]3C[C@@H]1C2. The van der Waals surface area contributed by atoms with E-state index in [0.717, 1.165) is 0 Å². The minimum Gasteiger partial charge on any atom is -0.510 e. The molecule has 11 heteroatoms. The molecule has 3 aliphatic carbocycles. The Kier molecular flexibility index (Phi) is 6.04. The molecule has 0 bridgehead atoms. The number of Topliss-reactive ketones (excluding diaryl/α,β-unsaturated/α-hetero) is 2. The van der Waals surface area contributed by atoms with Crippen LogP contribution in [-0.2, 0) is 16.0 Å². The molecule has 2 aromatic rings. The van der Waals surface area contributed by atoms with E-state index in [2.05, 4.69) is 4.98 Å². The number of aromatic nitrogens is 1. The molecule has 0 fully saturated rings. The zero-order valence-corrected chi connectivity index (χ0v) is 22.0. The molecule has 5 rings (SSSR count). The van der Waals surface area contributed by atoms with E-state index in [0.29, 0.717) is 22.5 Å². The largest absolute Gasteiger partial charge is 0.510 e. The lowest BCUT2D eigenvalue weighted by molar-refractivity contribution is -0.148. The summed E-state index contributed by atoms with van der Waals surface area (Å²) in [4.78, 5) is 47.2. The Balaban J connectivity index is 1.78. The van der Waals surface area contributed by atoms with Gasteiger partial charge in [0.2, 0.25) is 5.78 Å². The van der Waals surface area contributed by atoms with Crippen molar-refractivity contribution in [1.82, 2.24) is 9.88 Å². The van der Waals surface area contributed by atoms with Gasteiger partial charge in [0.05, 0.1) is 23.0 Å². The van der Waals surface area contributed by atoms with Crippen LogP contribution in [0.3, 0.4) is 0 Å². The van der Waals surface area contributed by atoms with Crippen molar-refractivity contribution in [3.05, 3.63) is 64.3 Å². The number of rotatable bonds is 4. The summed E-state index contributed by atoms with van der Waals surface area (Å²) in [6, 6.07) is 6.06. The number of nitrogens with two attached hydrogens (primary N) is 1. The molecule has 204 valence electrons. The van der Waals surface area contributed by atoms with Crippen LogP contribution >= 0.6 is 0 Å². The lowest BCUT2D eigenvalue weighted by Crippen LogP contribution is -2.63. The van der Waals surface area contributed by atoms with E-state index < -0.39 is 58.0 Å². The fourth-order valence-corrected chi connectivity index (χ4v) is 6.40. The number of aromatic hydroxyl groups is 1. The Labute approximate surface area is 224 Å². The number of aliphatic hydroxyl groups is 3. The molecule has 39 heavy (non-hydrogen) atoms. The molecule has 0 saturated carbocycles. The molecule has 1 aromatic carbocycles. The van der Waals surface area contributed by atoms with Crippen LogP contribution in [0.25, 0.3) is 11.3 Å². The molecule has 3 aliphatic rings. The average Bonchev–Trinajstić information content (AvgIpc) is 2.86. The zero-order valence-electron chi connectivity index (χ0n) is 22.0. The van der Waals surface area contributed by atoms with Crippen LogP contribution in [0.5, 0.6) is 5.75 Å². The van der Waals surface area contributed by atoms with Crippen LogP contribution in [-0.4, -0.2) is 87.6 Å². The summed E-state index contributed by atoms with van der Waals surface area (Å²) in [7, 11) is 6.59. The topological polar surface area (TPSA) is 178 Å². The van der Waals surface area contributed by atoms with Gasteiger partial charge in [0.1, 0.15) is 22.8 Å². The van der Waals surface area contributed by atoms with Gasteiger partial charge in [-0.3, -0.25) is 24.3 Å². The number of aliphatic hydroxyl groups excluding tert-OH is 2. The third-order valence-electron chi connectivity index (χ3n) is 8.13. The van der Waals surface area contributed by atoms with Gasteiger partial charge in [-0.25, -0.2) is 0 Å². The van der Waals surface area contributed by atoms with Crippen molar-refractivity contribution in [1.29, 1.82) is 0 Å². The first-order valence-corrected chi connectivity index (χ1v) is 12.4. The lowest BCUT2D eigenvalue weighted by atomic mass is 9.58. The summed E-state index contributed by atoms with van der Waals surface area (Å²) in [6.45, 7) is 0. The van der Waals surface area contributed by atoms with Crippen LogP contribution in [0.2, 0.25) is 0 Å². The van der Waals surface area contributed by atoms with E-state index in [9.17, 15) is 34.8 Å². The Morgan fingerprint density at radius 3 is 2.38 bits per heavy atom. The first-order chi connectivity index (χ1) is 18.3. The van der Waals surface area contributed by atoms with E-state index in [1.165, 1.54) is 4.90 Å². The predicted octanol–water partition coefficient (Wildman–Crippen LogP) is 1.25. The number of fused-ring (bicyclic) bond motifs is 3. The Morgan fingerprint density at radius 2 is 1.82 bits per heavy atom. The number of phenolic OH excluding ortho intramolecular Hbond substituents is 1. The summed E-state index contributed by atoms with van der Waals surface area (Å²) in [5.74, 6) is -6.81. The minimum absolute atomic E-state index is 0.0175. The van der Waals surface area contributed by atoms with E-state index in [4.69, 9.17) is 5.73 Å². The number of pyridine rings is 1. The van der Waals surface area contributed by atoms with Gasteiger partial charge in [-0.15, -0.1) is 0 Å². The molecule has 1 aromatic heterocycles. The van der Waals surface area contributed by atoms with Gasteiger partial charge in [0.25, 0.3) is 5.91 Å². The first-order valence-electron chi connectivity index (χ1n) is 12.4. The standard InChI is InChI=1S/C28H30N4O7/c1-31(2)17-11-13(16-7-5-6-8-30-16)14-9-12-10-15-21(32(3)4)24(35)20(27(29)38)26(37)28(15,39)25(36)18(12)23(34)19(14)22(17)33/h5-8,11-12,15,21,33,35-36,39H,9-10H2,1-4H3,(H2,29,38)/t12-,15-,21-,28-/m0/s1. The first kappa shape index (κ1) is 26.4. The van der Waals surface area contributed by atoms with Crippen molar-refractivity contribution in [2.24, 2.45) is 17.6 Å². The summed E-state index contributed by atoms with van der Waals surface area (Å²) in [5, 5.41) is 45.3. The van der Waals surface area contributed by atoms with Gasteiger partial charge < -0.3 is 31.1 Å². The number of hydrogen-bond donors (Lipinski definition) is 5. The van der Waals surface area contributed by atoms with Crippen LogP contribution in [0, 0.1) is 11.8 Å². The van der Waals surface area contributed by atoms with Crippen LogP contribution in [0.1, 0.15) is 22.3 Å². The molecule has 0 saturated heterocycles. The van der Waals surface area contributed by atoms with E-state index in [1.54, 1.807) is 63.6 Å². The quantitative estimate of drug-likeness (QED) is 0.359. The maximum Gasteiger partial charge on any atom is 0.255 e. The second-order valence-electron chi connectivity index (χ2n) is 10.7. The van der Waals surface area contributed by atoms with Crippen molar-refractivity contribution in [3.8, 4) is 17.0 Å². The van der Waals surface area contributed by atoms with Gasteiger partial charge in [0.15, 0.2) is 11.4 Å². The molecule has 0 unspecified atom stereocenters. The summed E-state index contributed by atoms with van der Waals surface area (Å²) in [6.07, 6.45) is 1.82. The Bertz CT molecular complexity index is 1490. The third-order valence-corrected chi connectivity index (χ3v) is 8.13. The van der Waals surface area contributed by atoms with Gasteiger partial charge >= 0.3 is 0 Å². The number of hydrogen-bond acceptors (Lipinski definition) is 10. The van der Waals surface area contributed by atoms with E-state index in [1.807, 2.05) is 0 Å². The summed E-state index contributed by atoms with van der Waals surface area (Å²) >= 11 is 0. The molecule has 0 spiro atoms. The number of benzene rings is 1. The van der Waals surface area contributed by atoms with E-state index in [-0.39, 0.29) is 29.7 Å². The highest BCUT2D eigenvalue weighted by molar-refractivity contribution is 6.25. The zero-order chi connectivity index (χ0) is 28.5. The van der Waals surface area contributed by atoms with Gasteiger partial charge in [-0.2, -0.15) is 0 Å². The number of carbonyl (C=O) groups is 3. The number of anilines is 1. The second-order valence-corrected chi connectivity index (χ2v) is 10.7. The Hall–Kier alpha value is -4.22. The van der Waals surface area contributed by atoms with Crippen molar-refractivity contribution in [3.63, 3.8) is 0 Å². The maximum atomic E-state index is 14.1. The molecule has 4 atom stereocenters. The number of phenols is 1. The molecular formula is C28H30N4O7. The van der Waals surface area contributed by atoms with E-state index >= 15 is 0 Å². The number of amides is 1. The Morgan fingerprint density at radius 1 is 1.13 bits per heavy atom. The molecule has 1 amide bonds.